The summed E-state index contributed by atoms with van der Waals surface area (Å²) in [5.74, 6) is -0.316. The van der Waals surface area contributed by atoms with Crippen LogP contribution in [0.3, 0.4) is 0 Å². The molecular weight excluding hydrogens is 409 g/mol. The van der Waals surface area contributed by atoms with Crippen molar-refractivity contribution in [2.24, 2.45) is 0 Å². The lowest BCUT2D eigenvalue weighted by Gasteiger charge is -2.02. The number of hydrogen-bond acceptors (Lipinski definition) is 3. The summed E-state index contributed by atoms with van der Waals surface area (Å²) in [5.41, 5.74) is 4.51. The monoisotopic (exact) mass is 425 g/mol. The highest BCUT2D eigenvalue weighted by molar-refractivity contribution is 6.36. The Bertz CT molecular complexity index is 1160. The molecule has 4 rings (SSSR count). The minimum atomic E-state index is -0.316. The second-order valence-corrected chi connectivity index (χ2v) is 7.50. The molecule has 0 unspecified atom stereocenters. The molecule has 2 heterocycles. The SMILES string of the molecule is Cc1ccc(Cn2cc(NC(=O)c3cc(-c4ccc(Cl)cc4Cl)n[nH]3)cn2)cc1. The molecular formula is C21H17Cl2N5O. The standard InChI is InChI=1S/C21H17Cl2N5O/c1-13-2-4-14(5-3-13)11-28-12-16(10-24-28)25-21(29)20-9-19(26-27-20)17-7-6-15(22)8-18(17)23/h2-10,12H,11H2,1H3,(H,25,29)(H,26,27). The number of aromatic nitrogens is 4. The van der Waals surface area contributed by atoms with Gasteiger partial charge >= 0.3 is 0 Å². The number of carbonyl (C=O) groups is 1. The molecule has 2 N–H and O–H groups in total. The van der Waals surface area contributed by atoms with E-state index in [1.165, 1.54) is 5.56 Å². The predicted molar refractivity (Wildman–Crippen MR) is 115 cm³/mol. The van der Waals surface area contributed by atoms with Gasteiger partial charge in [-0.15, -0.1) is 0 Å². The first-order valence-electron chi connectivity index (χ1n) is 8.88. The molecule has 0 radical (unpaired) electrons. The lowest BCUT2D eigenvalue weighted by molar-refractivity contribution is 0.102. The fraction of sp³-hybridized carbons (Fsp3) is 0.0952. The van der Waals surface area contributed by atoms with Crippen molar-refractivity contribution >= 4 is 34.8 Å². The third-order valence-corrected chi connectivity index (χ3v) is 4.93. The summed E-state index contributed by atoms with van der Waals surface area (Å²) in [7, 11) is 0. The molecule has 0 saturated heterocycles. The minimum absolute atomic E-state index is 0.316. The van der Waals surface area contributed by atoms with Crippen molar-refractivity contribution < 1.29 is 4.79 Å². The van der Waals surface area contributed by atoms with Gasteiger partial charge in [-0.1, -0.05) is 53.0 Å². The molecule has 0 saturated carbocycles. The van der Waals surface area contributed by atoms with Gasteiger partial charge in [-0.2, -0.15) is 10.2 Å². The zero-order valence-electron chi connectivity index (χ0n) is 15.5. The van der Waals surface area contributed by atoms with Crippen LogP contribution >= 0.6 is 23.2 Å². The van der Waals surface area contributed by atoms with Crippen molar-refractivity contribution in [2.75, 3.05) is 5.32 Å². The maximum atomic E-state index is 12.5. The van der Waals surface area contributed by atoms with E-state index in [-0.39, 0.29) is 5.91 Å². The molecule has 0 spiro atoms. The second kappa shape index (κ2) is 8.11. The smallest absolute Gasteiger partial charge is 0.273 e. The number of halogens is 2. The Morgan fingerprint density at radius 3 is 2.69 bits per heavy atom. The summed E-state index contributed by atoms with van der Waals surface area (Å²) in [5, 5.41) is 15.0. The molecule has 4 aromatic rings. The molecule has 0 bridgehead atoms. The number of aromatic amines is 1. The van der Waals surface area contributed by atoms with Crippen LogP contribution in [0.1, 0.15) is 21.6 Å². The number of H-pyrrole nitrogens is 1. The first kappa shape index (κ1) is 19.2. The van der Waals surface area contributed by atoms with E-state index in [0.29, 0.717) is 39.2 Å². The van der Waals surface area contributed by atoms with E-state index in [9.17, 15) is 4.79 Å². The van der Waals surface area contributed by atoms with Crippen LogP contribution in [-0.2, 0) is 6.54 Å². The Hall–Kier alpha value is -3.09. The number of amides is 1. The van der Waals surface area contributed by atoms with Gasteiger partial charge in [-0.05, 0) is 36.8 Å². The van der Waals surface area contributed by atoms with Gasteiger partial charge in [0.1, 0.15) is 5.69 Å². The van der Waals surface area contributed by atoms with E-state index in [4.69, 9.17) is 23.2 Å². The first-order chi connectivity index (χ1) is 14.0. The van der Waals surface area contributed by atoms with E-state index in [0.717, 1.165) is 5.56 Å². The van der Waals surface area contributed by atoms with Crippen molar-refractivity contribution in [1.29, 1.82) is 0 Å². The van der Waals surface area contributed by atoms with Crippen LogP contribution in [0, 0.1) is 6.92 Å². The third kappa shape index (κ3) is 4.50. The summed E-state index contributed by atoms with van der Waals surface area (Å²) in [4.78, 5) is 12.5. The zero-order valence-corrected chi connectivity index (χ0v) is 17.0. The molecule has 1 amide bonds. The summed E-state index contributed by atoms with van der Waals surface area (Å²) >= 11 is 12.1. The van der Waals surface area contributed by atoms with Gasteiger partial charge in [0.15, 0.2) is 0 Å². The van der Waals surface area contributed by atoms with Crippen LogP contribution in [0.2, 0.25) is 10.0 Å². The summed E-state index contributed by atoms with van der Waals surface area (Å²) in [6.07, 6.45) is 3.39. The van der Waals surface area contributed by atoms with Crippen LogP contribution in [0.25, 0.3) is 11.3 Å². The second-order valence-electron chi connectivity index (χ2n) is 6.66. The average Bonchev–Trinajstić information content (AvgIpc) is 3.33. The molecule has 2 aromatic heterocycles. The van der Waals surface area contributed by atoms with Crippen molar-refractivity contribution in [3.05, 3.63) is 87.8 Å². The predicted octanol–water partition coefficient (Wildman–Crippen LogP) is 5.19. The van der Waals surface area contributed by atoms with Crippen LogP contribution < -0.4 is 5.32 Å². The molecule has 0 fully saturated rings. The molecule has 0 aliphatic carbocycles. The normalized spacial score (nSPS) is 10.9. The van der Waals surface area contributed by atoms with Gasteiger partial charge in [-0.3, -0.25) is 14.6 Å². The molecule has 29 heavy (non-hydrogen) atoms. The van der Waals surface area contributed by atoms with E-state index in [1.807, 2.05) is 6.92 Å². The highest BCUT2D eigenvalue weighted by Crippen LogP contribution is 2.29. The number of benzene rings is 2. The third-order valence-electron chi connectivity index (χ3n) is 4.39. The molecule has 2 aromatic carbocycles. The summed E-state index contributed by atoms with van der Waals surface area (Å²) in [6, 6.07) is 15.0. The van der Waals surface area contributed by atoms with Crippen LogP contribution in [0.5, 0.6) is 0 Å². The maximum Gasteiger partial charge on any atom is 0.273 e. The minimum Gasteiger partial charge on any atom is -0.318 e. The number of rotatable bonds is 5. The van der Waals surface area contributed by atoms with Gasteiger partial charge in [0.2, 0.25) is 0 Å². The Morgan fingerprint density at radius 1 is 1.14 bits per heavy atom. The van der Waals surface area contributed by atoms with Gasteiger partial charge in [0, 0.05) is 16.8 Å². The van der Waals surface area contributed by atoms with Gasteiger partial charge in [-0.25, -0.2) is 0 Å². The van der Waals surface area contributed by atoms with Crippen LogP contribution in [-0.4, -0.2) is 25.9 Å². The number of nitrogens with one attached hydrogen (secondary N) is 2. The largest absolute Gasteiger partial charge is 0.318 e. The van der Waals surface area contributed by atoms with Gasteiger partial charge < -0.3 is 5.32 Å². The van der Waals surface area contributed by atoms with Gasteiger partial charge in [0.25, 0.3) is 5.91 Å². The van der Waals surface area contributed by atoms with Crippen molar-refractivity contribution in [1.82, 2.24) is 20.0 Å². The lowest BCUT2D eigenvalue weighted by atomic mass is 10.1. The number of anilines is 1. The number of hydrogen-bond donors (Lipinski definition) is 2. The number of nitrogens with zero attached hydrogens (tertiary/aromatic N) is 3. The fourth-order valence-electron chi connectivity index (χ4n) is 2.87. The Balaban J connectivity index is 1.44. The molecule has 146 valence electrons. The fourth-order valence-corrected chi connectivity index (χ4v) is 3.37. The van der Waals surface area contributed by atoms with E-state index >= 15 is 0 Å². The summed E-state index contributed by atoms with van der Waals surface area (Å²) < 4.78 is 1.77. The van der Waals surface area contributed by atoms with Crippen LogP contribution in [0.15, 0.2) is 60.9 Å². The maximum absolute atomic E-state index is 12.5. The molecule has 0 atom stereocenters. The van der Waals surface area contributed by atoms with E-state index in [2.05, 4.69) is 44.9 Å². The number of carbonyl (C=O) groups excluding carboxylic acids is 1. The molecule has 6 nitrogen and oxygen atoms in total. The zero-order chi connectivity index (χ0) is 20.4. The van der Waals surface area contributed by atoms with Crippen LogP contribution in [0.4, 0.5) is 5.69 Å². The molecule has 0 aliphatic rings. The van der Waals surface area contributed by atoms with Crippen molar-refractivity contribution in [3.63, 3.8) is 0 Å². The highest BCUT2D eigenvalue weighted by Gasteiger charge is 2.14. The summed E-state index contributed by atoms with van der Waals surface area (Å²) in [6.45, 7) is 2.67. The quantitative estimate of drug-likeness (QED) is 0.461. The lowest BCUT2D eigenvalue weighted by Crippen LogP contribution is -2.11. The highest BCUT2D eigenvalue weighted by atomic mass is 35.5. The Kier molecular flexibility index (Phi) is 5.38. The van der Waals surface area contributed by atoms with E-state index in [1.54, 1.807) is 41.3 Å². The Labute approximate surface area is 177 Å². The average molecular weight is 426 g/mol. The Morgan fingerprint density at radius 2 is 1.93 bits per heavy atom. The molecule has 0 aliphatic heterocycles. The van der Waals surface area contributed by atoms with E-state index < -0.39 is 0 Å². The number of aryl methyl sites for hydroxylation is 1. The molecule has 8 heteroatoms. The van der Waals surface area contributed by atoms with Gasteiger partial charge in [0.05, 0.1) is 29.1 Å². The van der Waals surface area contributed by atoms with Crippen molar-refractivity contribution in [3.8, 4) is 11.3 Å². The first-order valence-corrected chi connectivity index (χ1v) is 9.64. The van der Waals surface area contributed by atoms with Crippen molar-refractivity contribution in [2.45, 2.75) is 13.5 Å². The topological polar surface area (TPSA) is 75.6 Å².